The highest BCUT2D eigenvalue weighted by atomic mass is 32.2. The van der Waals surface area contributed by atoms with Crippen molar-refractivity contribution in [2.24, 2.45) is 5.92 Å². The van der Waals surface area contributed by atoms with Crippen LogP contribution in [0.2, 0.25) is 0 Å². The first-order valence-electron chi connectivity index (χ1n) is 11.7. The molecule has 2 aliphatic rings. The number of nitrogens with zero attached hydrogens (tertiary/aromatic N) is 2. The summed E-state index contributed by atoms with van der Waals surface area (Å²) in [5.74, 6) is -0.905. The van der Waals surface area contributed by atoms with Crippen molar-refractivity contribution in [3.05, 3.63) is 28.8 Å². The van der Waals surface area contributed by atoms with Gasteiger partial charge >= 0.3 is 5.97 Å². The zero-order valence-electron chi connectivity index (χ0n) is 19.6. The van der Waals surface area contributed by atoms with Gasteiger partial charge in [0, 0.05) is 26.2 Å². The van der Waals surface area contributed by atoms with Crippen molar-refractivity contribution in [2.45, 2.75) is 70.6 Å². The number of carbonyl (C=O) groups excluding carboxylic acids is 2. The van der Waals surface area contributed by atoms with Crippen molar-refractivity contribution < 1.29 is 22.7 Å². The van der Waals surface area contributed by atoms with Gasteiger partial charge in [0.25, 0.3) is 5.91 Å². The lowest BCUT2D eigenvalue weighted by Crippen LogP contribution is -2.42. The van der Waals surface area contributed by atoms with Crippen LogP contribution in [-0.4, -0.2) is 62.3 Å². The Labute approximate surface area is 192 Å². The number of esters is 1. The number of piperidine rings is 1. The molecule has 2 saturated heterocycles. The van der Waals surface area contributed by atoms with Crippen LogP contribution in [0.5, 0.6) is 0 Å². The molecule has 0 bridgehead atoms. The normalized spacial score (nSPS) is 19.3. The van der Waals surface area contributed by atoms with Gasteiger partial charge in [0.15, 0.2) is 6.61 Å². The van der Waals surface area contributed by atoms with E-state index in [1.54, 1.807) is 4.90 Å². The standard InChI is InChI=1S/C24H36N2O5S/c1-18-15-19(2)23(20(3)16-18)32(29,30)26-13-9-21(10-14-26)24(28)31-17-22(27)25-11-7-5-4-6-8-12-25/h15-16,21H,4-14,17H2,1-3H3. The Hall–Kier alpha value is -1.93. The summed E-state index contributed by atoms with van der Waals surface area (Å²) in [6.07, 6.45) is 6.27. The molecule has 32 heavy (non-hydrogen) atoms. The van der Waals surface area contributed by atoms with Crippen LogP contribution < -0.4 is 0 Å². The molecular formula is C24H36N2O5S. The average Bonchev–Trinajstić information content (AvgIpc) is 2.70. The molecule has 0 unspecified atom stereocenters. The fourth-order valence-corrected chi connectivity index (χ4v) is 6.75. The Morgan fingerprint density at radius 3 is 2.00 bits per heavy atom. The van der Waals surface area contributed by atoms with Crippen LogP contribution in [0.4, 0.5) is 0 Å². The Morgan fingerprint density at radius 2 is 1.44 bits per heavy atom. The van der Waals surface area contributed by atoms with Gasteiger partial charge in [-0.2, -0.15) is 4.31 Å². The lowest BCUT2D eigenvalue weighted by molar-refractivity contribution is -0.156. The molecule has 2 heterocycles. The van der Waals surface area contributed by atoms with Gasteiger partial charge in [-0.3, -0.25) is 9.59 Å². The van der Waals surface area contributed by atoms with Gasteiger partial charge in [0.05, 0.1) is 10.8 Å². The minimum atomic E-state index is -3.62. The summed E-state index contributed by atoms with van der Waals surface area (Å²) >= 11 is 0. The van der Waals surface area contributed by atoms with Gasteiger partial charge in [0.2, 0.25) is 10.0 Å². The monoisotopic (exact) mass is 464 g/mol. The van der Waals surface area contributed by atoms with Crippen molar-refractivity contribution in [2.75, 3.05) is 32.8 Å². The summed E-state index contributed by atoms with van der Waals surface area (Å²) in [7, 11) is -3.62. The lowest BCUT2D eigenvalue weighted by Gasteiger charge is -2.31. The molecule has 0 atom stereocenters. The van der Waals surface area contributed by atoms with Gasteiger partial charge in [0.1, 0.15) is 0 Å². The fourth-order valence-electron chi connectivity index (χ4n) is 4.87. The Bertz CT molecular complexity index is 905. The molecule has 1 aromatic carbocycles. The fraction of sp³-hybridized carbons (Fsp3) is 0.667. The van der Waals surface area contributed by atoms with Crippen LogP contribution >= 0.6 is 0 Å². The molecule has 178 valence electrons. The number of likely N-dealkylation sites (tertiary alicyclic amines) is 1. The van der Waals surface area contributed by atoms with E-state index in [2.05, 4.69) is 0 Å². The van der Waals surface area contributed by atoms with E-state index in [9.17, 15) is 18.0 Å². The number of carbonyl (C=O) groups is 2. The molecule has 0 spiro atoms. The number of benzene rings is 1. The maximum Gasteiger partial charge on any atom is 0.309 e. The molecule has 0 aromatic heterocycles. The van der Waals surface area contributed by atoms with E-state index in [4.69, 9.17) is 4.74 Å². The maximum atomic E-state index is 13.2. The van der Waals surface area contributed by atoms with Crippen molar-refractivity contribution in [1.82, 2.24) is 9.21 Å². The summed E-state index contributed by atoms with van der Waals surface area (Å²) in [5, 5.41) is 0. The van der Waals surface area contributed by atoms with E-state index in [-0.39, 0.29) is 31.5 Å². The highest BCUT2D eigenvalue weighted by Gasteiger charge is 2.34. The summed E-state index contributed by atoms with van der Waals surface area (Å²) < 4.78 is 33.2. The van der Waals surface area contributed by atoms with Crippen LogP contribution in [0, 0.1) is 26.7 Å². The minimum Gasteiger partial charge on any atom is -0.455 e. The molecule has 1 aromatic rings. The third kappa shape index (κ3) is 5.90. The molecule has 0 N–H and O–H groups in total. The number of rotatable bonds is 5. The molecule has 3 rings (SSSR count). The Morgan fingerprint density at radius 1 is 0.906 bits per heavy atom. The average molecular weight is 465 g/mol. The van der Waals surface area contributed by atoms with Crippen molar-refractivity contribution in [3.8, 4) is 0 Å². The maximum absolute atomic E-state index is 13.2. The van der Waals surface area contributed by atoms with E-state index in [0.717, 1.165) is 55.5 Å². The molecule has 0 radical (unpaired) electrons. The number of amides is 1. The third-order valence-electron chi connectivity index (χ3n) is 6.54. The first-order chi connectivity index (χ1) is 15.2. The van der Waals surface area contributed by atoms with Crippen molar-refractivity contribution in [1.29, 1.82) is 0 Å². The molecule has 2 fully saturated rings. The summed E-state index contributed by atoms with van der Waals surface area (Å²) in [6, 6.07) is 3.76. The van der Waals surface area contributed by atoms with Crippen LogP contribution in [0.25, 0.3) is 0 Å². The summed E-state index contributed by atoms with van der Waals surface area (Å²) in [6.45, 7) is 7.37. The zero-order valence-corrected chi connectivity index (χ0v) is 20.4. The highest BCUT2D eigenvalue weighted by Crippen LogP contribution is 2.29. The lowest BCUT2D eigenvalue weighted by atomic mass is 9.98. The van der Waals surface area contributed by atoms with Crippen LogP contribution in [-0.2, 0) is 24.3 Å². The topological polar surface area (TPSA) is 84.0 Å². The first-order valence-corrected chi connectivity index (χ1v) is 13.2. The second-order valence-electron chi connectivity index (χ2n) is 9.16. The third-order valence-corrected chi connectivity index (χ3v) is 8.74. The molecule has 1 amide bonds. The summed E-state index contributed by atoms with van der Waals surface area (Å²) in [5.41, 5.74) is 2.52. The van der Waals surface area contributed by atoms with E-state index in [0.29, 0.717) is 17.7 Å². The number of ether oxygens (including phenoxy) is 1. The van der Waals surface area contributed by atoms with Gasteiger partial charge < -0.3 is 9.64 Å². The largest absolute Gasteiger partial charge is 0.455 e. The summed E-state index contributed by atoms with van der Waals surface area (Å²) in [4.78, 5) is 27.1. The predicted molar refractivity (Wildman–Crippen MR) is 123 cm³/mol. The molecule has 2 aliphatic heterocycles. The Balaban J connectivity index is 1.53. The number of hydrogen-bond acceptors (Lipinski definition) is 5. The van der Waals surface area contributed by atoms with E-state index >= 15 is 0 Å². The molecule has 0 aliphatic carbocycles. The van der Waals surface area contributed by atoms with Crippen molar-refractivity contribution in [3.63, 3.8) is 0 Å². The van der Waals surface area contributed by atoms with Crippen molar-refractivity contribution >= 4 is 21.9 Å². The van der Waals surface area contributed by atoms with Gasteiger partial charge in [-0.25, -0.2) is 8.42 Å². The van der Waals surface area contributed by atoms with Crippen LogP contribution in [0.1, 0.15) is 61.6 Å². The van der Waals surface area contributed by atoms with E-state index < -0.39 is 16.0 Å². The van der Waals surface area contributed by atoms with E-state index in [1.807, 2.05) is 32.9 Å². The van der Waals surface area contributed by atoms with Gasteiger partial charge in [-0.1, -0.05) is 37.0 Å². The Kier molecular flexibility index (Phi) is 8.33. The molecule has 8 heteroatoms. The molecule has 7 nitrogen and oxygen atoms in total. The molecule has 0 saturated carbocycles. The van der Waals surface area contributed by atoms with Gasteiger partial charge in [-0.15, -0.1) is 0 Å². The highest BCUT2D eigenvalue weighted by molar-refractivity contribution is 7.89. The van der Waals surface area contributed by atoms with Crippen LogP contribution in [0.3, 0.4) is 0 Å². The second-order valence-corrected chi connectivity index (χ2v) is 11.0. The number of hydrogen-bond donors (Lipinski definition) is 0. The van der Waals surface area contributed by atoms with E-state index in [1.165, 1.54) is 10.7 Å². The zero-order chi connectivity index (χ0) is 23.3. The molecular weight excluding hydrogens is 428 g/mol. The second kappa shape index (κ2) is 10.8. The minimum absolute atomic E-state index is 0.134. The van der Waals surface area contributed by atoms with Gasteiger partial charge in [-0.05, 0) is 57.6 Å². The van der Waals surface area contributed by atoms with Crippen LogP contribution in [0.15, 0.2) is 17.0 Å². The first kappa shape index (κ1) is 24.7. The predicted octanol–water partition coefficient (Wildman–Crippen LogP) is 3.35. The number of aryl methyl sites for hydroxylation is 3. The smallest absolute Gasteiger partial charge is 0.309 e. The SMILES string of the molecule is Cc1cc(C)c(S(=O)(=O)N2CCC(C(=O)OCC(=O)N3CCCCCCC3)CC2)c(C)c1. The quantitative estimate of drug-likeness (QED) is 0.624. The number of sulfonamides is 1.